The molecule has 1 amide bonds. The third-order valence-corrected chi connectivity index (χ3v) is 6.99. The van der Waals surface area contributed by atoms with Gasteiger partial charge in [0.25, 0.3) is 5.91 Å². The molecule has 0 bridgehead atoms. The molecule has 1 N–H and O–H groups in total. The molecule has 2 aromatic rings. The average Bonchev–Trinajstić information content (AvgIpc) is 3.31. The zero-order valence-electron chi connectivity index (χ0n) is 18.1. The predicted octanol–water partition coefficient (Wildman–Crippen LogP) is 4.30. The monoisotopic (exact) mass is 446 g/mol. The molecule has 0 aromatic heterocycles. The van der Waals surface area contributed by atoms with E-state index in [0.717, 1.165) is 25.7 Å². The van der Waals surface area contributed by atoms with Gasteiger partial charge >= 0.3 is 0 Å². The fraction of sp³-hybridized carbons (Fsp3) is 0.435. The molecule has 3 rings (SSSR count). The lowest BCUT2D eigenvalue weighted by Crippen LogP contribution is -2.28. The summed E-state index contributed by atoms with van der Waals surface area (Å²) in [6.45, 7) is 5.88. The van der Waals surface area contributed by atoms with Crippen molar-refractivity contribution >= 4 is 21.6 Å². The summed E-state index contributed by atoms with van der Waals surface area (Å²) in [5.41, 5.74) is 0.857. The molecule has 1 aliphatic heterocycles. The van der Waals surface area contributed by atoms with Crippen LogP contribution in [0, 0.1) is 0 Å². The van der Waals surface area contributed by atoms with Gasteiger partial charge in [-0.05, 0) is 68.7 Å². The van der Waals surface area contributed by atoms with Crippen molar-refractivity contribution in [3.05, 3.63) is 48.0 Å². The standard InChI is InChI=1S/C23H30N2O5S/c1-3-5-16-30-20-11-8-18(9-12-20)23(26)24-19-10-13-21(29-4-2)22(17-19)31(27,28)25-14-6-7-15-25/h8-13,17H,3-7,14-16H2,1-2H3,(H,24,26). The van der Waals surface area contributed by atoms with Crippen LogP contribution in [0.15, 0.2) is 47.4 Å². The van der Waals surface area contributed by atoms with E-state index in [0.29, 0.717) is 49.1 Å². The van der Waals surface area contributed by atoms with E-state index >= 15 is 0 Å². The molecular weight excluding hydrogens is 416 g/mol. The Morgan fingerprint density at radius 3 is 2.39 bits per heavy atom. The average molecular weight is 447 g/mol. The number of carbonyl (C=O) groups excluding carboxylic acids is 1. The molecule has 31 heavy (non-hydrogen) atoms. The van der Waals surface area contributed by atoms with Crippen LogP contribution in [0.3, 0.4) is 0 Å². The van der Waals surface area contributed by atoms with Crippen molar-refractivity contribution in [3.63, 3.8) is 0 Å². The van der Waals surface area contributed by atoms with Gasteiger partial charge in [-0.1, -0.05) is 13.3 Å². The molecule has 7 nitrogen and oxygen atoms in total. The minimum absolute atomic E-state index is 0.0775. The highest BCUT2D eigenvalue weighted by molar-refractivity contribution is 7.89. The van der Waals surface area contributed by atoms with Crippen molar-refractivity contribution in [2.75, 3.05) is 31.6 Å². The van der Waals surface area contributed by atoms with Crippen molar-refractivity contribution in [1.29, 1.82) is 0 Å². The van der Waals surface area contributed by atoms with E-state index in [-0.39, 0.29) is 10.8 Å². The van der Waals surface area contributed by atoms with Crippen LogP contribution < -0.4 is 14.8 Å². The first-order valence-electron chi connectivity index (χ1n) is 10.8. The Labute approximate surface area is 184 Å². The molecule has 0 saturated carbocycles. The Morgan fingerprint density at radius 2 is 1.74 bits per heavy atom. The van der Waals surface area contributed by atoms with Gasteiger partial charge in [0.05, 0.1) is 13.2 Å². The second kappa shape index (κ2) is 10.6. The van der Waals surface area contributed by atoms with Gasteiger partial charge in [-0.15, -0.1) is 0 Å². The Morgan fingerprint density at radius 1 is 1.03 bits per heavy atom. The largest absolute Gasteiger partial charge is 0.494 e. The quantitative estimate of drug-likeness (QED) is 0.550. The smallest absolute Gasteiger partial charge is 0.255 e. The third kappa shape index (κ3) is 5.77. The van der Waals surface area contributed by atoms with Gasteiger partial charge < -0.3 is 14.8 Å². The molecule has 0 atom stereocenters. The Hall–Kier alpha value is -2.58. The van der Waals surface area contributed by atoms with Crippen molar-refractivity contribution in [1.82, 2.24) is 4.31 Å². The van der Waals surface area contributed by atoms with Gasteiger partial charge in [-0.2, -0.15) is 4.31 Å². The van der Waals surface area contributed by atoms with Gasteiger partial charge in [0.1, 0.15) is 16.4 Å². The number of sulfonamides is 1. The second-order valence-electron chi connectivity index (χ2n) is 7.39. The summed E-state index contributed by atoms with van der Waals surface area (Å²) >= 11 is 0. The molecule has 8 heteroatoms. The van der Waals surface area contributed by atoms with E-state index in [4.69, 9.17) is 9.47 Å². The van der Waals surface area contributed by atoms with Crippen LogP contribution in [0.25, 0.3) is 0 Å². The first kappa shape index (κ1) is 23.1. The van der Waals surface area contributed by atoms with Gasteiger partial charge in [0.2, 0.25) is 10.0 Å². The van der Waals surface area contributed by atoms with E-state index < -0.39 is 10.0 Å². The Kier molecular flexibility index (Phi) is 7.92. The summed E-state index contributed by atoms with van der Waals surface area (Å²) in [7, 11) is -3.69. The minimum atomic E-state index is -3.69. The number of amides is 1. The van der Waals surface area contributed by atoms with Crippen LogP contribution in [0.4, 0.5) is 5.69 Å². The van der Waals surface area contributed by atoms with Crippen LogP contribution in [0.2, 0.25) is 0 Å². The van der Waals surface area contributed by atoms with Crippen LogP contribution >= 0.6 is 0 Å². The summed E-state index contributed by atoms with van der Waals surface area (Å²) in [6, 6.07) is 11.6. The number of nitrogens with one attached hydrogen (secondary N) is 1. The molecule has 0 unspecified atom stereocenters. The number of benzene rings is 2. The Bertz CT molecular complexity index is 984. The van der Waals surface area contributed by atoms with Gasteiger partial charge in [0, 0.05) is 24.3 Å². The topological polar surface area (TPSA) is 84.9 Å². The molecule has 168 valence electrons. The lowest BCUT2D eigenvalue weighted by molar-refractivity contribution is 0.102. The number of carbonyl (C=O) groups is 1. The molecule has 0 spiro atoms. The molecule has 1 fully saturated rings. The maximum atomic E-state index is 13.1. The predicted molar refractivity (Wildman–Crippen MR) is 120 cm³/mol. The summed E-state index contributed by atoms with van der Waals surface area (Å²) in [5, 5.41) is 2.78. The van der Waals surface area contributed by atoms with Gasteiger partial charge in [-0.3, -0.25) is 4.79 Å². The van der Waals surface area contributed by atoms with Crippen molar-refractivity contribution in [3.8, 4) is 11.5 Å². The van der Waals surface area contributed by atoms with Crippen LogP contribution in [-0.2, 0) is 10.0 Å². The molecular formula is C23H30N2O5S. The molecule has 1 heterocycles. The number of hydrogen-bond donors (Lipinski definition) is 1. The van der Waals surface area contributed by atoms with Crippen molar-refractivity contribution in [2.24, 2.45) is 0 Å². The van der Waals surface area contributed by atoms with E-state index in [1.165, 1.54) is 10.4 Å². The maximum absolute atomic E-state index is 13.1. The van der Waals surface area contributed by atoms with Crippen molar-refractivity contribution < 1.29 is 22.7 Å². The van der Waals surface area contributed by atoms with E-state index in [1.54, 1.807) is 43.3 Å². The Balaban J connectivity index is 1.77. The minimum Gasteiger partial charge on any atom is -0.494 e. The maximum Gasteiger partial charge on any atom is 0.255 e. The zero-order valence-corrected chi connectivity index (χ0v) is 18.9. The normalized spacial score (nSPS) is 14.4. The highest BCUT2D eigenvalue weighted by Gasteiger charge is 2.30. The summed E-state index contributed by atoms with van der Waals surface area (Å²) in [4.78, 5) is 12.7. The first-order valence-corrected chi connectivity index (χ1v) is 12.2. The zero-order chi connectivity index (χ0) is 22.3. The lowest BCUT2D eigenvalue weighted by Gasteiger charge is -2.19. The fourth-order valence-corrected chi connectivity index (χ4v) is 5.04. The summed E-state index contributed by atoms with van der Waals surface area (Å²) in [6.07, 6.45) is 3.72. The van der Waals surface area contributed by atoms with Crippen LogP contribution in [0.1, 0.15) is 49.9 Å². The van der Waals surface area contributed by atoms with E-state index in [9.17, 15) is 13.2 Å². The number of hydrogen-bond acceptors (Lipinski definition) is 5. The van der Waals surface area contributed by atoms with E-state index in [2.05, 4.69) is 12.2 Å². The molecule has 0 aliphatic carbocycles. The van der Waals surface area contributed by atoms with Crippen LogP contribution in [-0.4, -0.2) is 44.9 Å². The highest BCUT2D eigenvalue weighted by atomic mass is 32.2. The SMILES string of the molecule is CCCCOc1ccc(C(=O)Nc2ccc(OCC)c(S(=O)(=O)N3CCCC3)c2)cc1. The fourth-order valence-electron chi connectivity index (χ4n) is 3.37. The van der Waals surface area contributed by atoms with Crippen LogP contribution in [0.5, 0.6) is 11.5 Å². The molecule has 1 aliphatic rings. The number of anilines is 1. The number of ether oxygens (including phenoxy) is 2. The highest BCUT2D eigenvalue weighted by Crippen LogP contribution is 2.32. The first-order chi connectivity index (χ1) is 15.0. The number of unbranched alkanes of at least 4 members (excludes halogenated alkanes) is 1. The summed E-state index contributed by atoms with van der Waals surface area (Å²) in [5.74, 6) is 0.680. The lowest BCUT2D eigenvalue weighted by atomic mass is 10.2. The number of nitrogens with zero attached hydrogens (tertiary/aromatic N) is 1. The van der Waals surface area contributed by atoms with Crippen molar-refractivity contribution in [2.45, 2.75) is 44.4 Å². The third-order valence-electron chi connectivity index (χ3n) is 5.07. The van der Waals surface area contributed by atoms with Gasteiger partial charge in [-0.25, -0.2) is 8.42 Å². The molecule has 2 aromatic carbocycles. The summed E-state index contributed by atoms with van der Waals surface area (Å²) < 4.78 is 38.8. The molecule has 1 saturated heterocycles. The van der Waals surface area contributed by atoms with Gasteiger partial charge in [0.15, 0.2) is 0 Å². The number of rotatable bonds is 10. The molecule has 0 radical (unpaired) electrons. The second-order valence-corrected chi connectivity index (χ2v) is 9.29. The van der Waals surface area contributed by atoms with E-state index in [1.807, 2.05) is 0 Å².